The molecule has 90 valence electrons. The minimum absolute atomic E-state index is 0.124. The second-order valence-corrected chi connectivity index (χ2v) is 5.23. The zero-order valence-corrected chi connectivity index (χ0v) is 11.7. The number of aromatic nitrogens is 1. The summed E-state index contributed by atoms with van der Waals surface area (Å²) in [6, 6.07) is 12.5. The van der Waals surface area contributed by atoms with Gasteiger partial charge in [0, 0.05) is 16.9 Å². The maximum Gasteiger partial charge on any atom is 0.0753 e. The molecule has 1 heterocycles. The molecule has 0 spiro atoms. The molecule has 0 amide bonds. The number of nitriles is 1. The first-order chi connectivity index (χ1) is 8.69. The molecule has 2 rings (SSSR count). The number of aryl methyl sites for hydroxylation is 1. The Balaban J connectivity index is 2.23. The largest absolute Gasteiger partial charge is 0.263 e. The SMILES string of the molecule is Cc1cccc(C(C#N)Cc2cncc(Br)c2)c1. The van der Waals surface area contributed by atoms with Gasteiger partial charge in [0.25, 0.3) is 0 Å². The van der Waals surface area contributed by atoms with Crippen molar-refractivity contribution in [2.24, 2.45) is 0 Å². The predicted octanol–water partition coefficient (Wildman–Crippen LogP) is 4.00. The van der Waals surface area contributed by atoms with Crippen molar-refractivity contribution in [2.75, 3.05) is 0 Å². The summed E-state index contributed by atoms with van der Waals surface area (Å²) in [6.07, 6.45) is 4.24. The quantitative estimate of drug-likeness (QED) is 0.859. The van der Waals surface area contributed by atoms with Gasteiger partial charge in [0.2, 0.25) is 0 Å². The Morgan fingerprint density at radius 2 is 2.17 bits per heavy atom. The van der Waals surface area contributed by atoms with Gasteiger partial charge in [-0.15, -0.1) is 0 Å². The highest BCUT2D eigenvalue weighted by Gasteiger charge is 2.12. The molecule has 2 nitrogen and oxygen atoms in total. The summed E-state index contributed by atoms with van der Waals surface area (Å²) in [5, 5.41) is 9.32. The zero-order chi connectivity index (χ0) is 13.0. The van der Waals surface area contributed by atoms with Crippen LogP contribution in [0.1, 0.15) is 22.6 Å². The third-order valence-electron chi connectivity index (χ3n) is 2.80. The Bertz CT molecular complexity index is 587. The standard InChI is InChI=1S/C15H13BrN2/c1-11-3-2-4-13(5-11)14(8-17)6-12-7-15(16)10-18-9-12/h2-5,7,9-10,14H,6H2,1H3. The Morgan fingerprint density at radius 1 is 1.33 bits per heavy atom. The lowest BCUT2D eigenvalue weighted by molar-refractivity contribution is 0.842. The van der Waals surface area contributed by atoms with Crippen molar-refractivity contribution < 1.29 is 0 Å². The normalized spacial score (nSPS) is 11.8. The summed E-state index contributed by atoms with van der Waals surface area (Å²) >= 11 is 3.40. The molecule has 0 fully saturated rings. The molecule has 1 unspecified atom stereocenters. The van der Waals surface area contributed by atoms with Crippen LogP contribution >= 0.6 is 15.9 Å². The predicted molar refractivity (Wildman–Crippen MR) is 75.2 cm³/mol. The number of nitrogens with zero attached hydrogens (tertiary/aromatic N) is 2. The van der Waals surface area contributed by atoms with Crippen LogP contribution in [0.15, 0.2) is 47.2 Å². The van der Waals surface area contributed by atoms with Gasteiger partial charge in [-0.3, -0.25) is 4.98 Å². The highest BCUT2D eigenvalue weighted by Crippen LogP contribution is 2.22. The minimum Gasteiger partial charge on any atom is -0.263 e. The van der Waals surface area contributed by atoms with Gasteiger partial charge < -0.3 is 0 Å². The molecule has 0 N–H and O–H groups in total. The highest BCUT2D eigenvalue weighted by atomic mass is 79.9. The maximum atomic E-state index is 9.32. The lowest BCUT2D eigenvalue weighted by Crippen LogP contribution is -2.01. The smallest absolute Gasteiger partial charge is 0.0753 e. The van der Waals surface area contributed by atoms with Crippen LogP contribution < -0.4 is 0 Å². The van der Waals surface area contributed by atoms with Gasteiger partial charge in [-0.2, -0.15) is 5.26 Å². The van der Waals surface area contributed by atoms with E-state index < -0.39 is 0 Å². The first kappa shape index (κ1) is 12.8. The fraction of sp³-hybridized carbons (Fsp3) is 0.200. The summed E-state index contributed by atoms with van der Waals surface area (Å²) in [4.78, 5) is 4.13. The van der Waals surface area contributed by atoms with Crippen LogP contribution in [0.5, 0.6) is 0 Å². The van der Waals surface area contributed by atoms with E-state index >= 15 is 0 Å². The summed E-state index contributed by atoms with van der Waals surface area (Å²) in [7, 11) is 0. The molecule has 0 radical (unpaired) electrons. The number of pyridine rings is 1. The van der Waals surface area contributed by atoms with Crippen molar-refractivity contribution in [1.82, 2.24) is 4.98 Å². The van der Waals surface area contributed by atoms with E-state index in [1.165, 1.54) is 5.56 Å². The Kier molecular flexibility index (Phi) is 4.11. The lowest BCUT2D eigenvalue weighted by Gasteiger charge is -2.10. The summed E-state index contributed by atoms with van der Waals surface area (Å²) in [6.45, 7) is 2.04. The van der Waals surface area contributed by atoms with E-state index in [2.05, 4.69) is 33.0 Å². The van der Waals surface area contributed by atoms with Gasteiger partial charge in [-0.1, -0.05) is 29.8 Å². The Hall–Kier alpha value is -1.66. The molecule has 1 atom stereocenters. The molecule has 0 bridgehead atoms. The summed E-state index contributed by atoms with van der Waals surface area (Å²) in [5.74, 6) is -0.124. The van der Waals surface area contributed by atoms with Crippen LogP contribution in [0.4, 0.5) is 0 Å². The fourth-order valence-corrected chi connectivity index (χ4v) is 2.34. The fourth-order valence-electron chi connectivity index (χ4n) is 1.93. The Morgan fingerprint density at radius 3 is 2.83 bits per heavy atom. The number of benzene rings is 1. The van der Waals surface area contributed by atoms with Crippen LogP contribution in [0.3, 0.4) is 0 Å². The van der Waals surface area contributed by atoms with E-state index in [0.29, 0.717) is 6.42 Å². The van der Waals surface area contributed by atoms with Crippen molar-refractivity contribution in [3.05, 3.63) is 63.9 Å². The minimum atomic E-state index is -0.124. The average Bonchev–Trinajstić information content (AvgIpc) is 2.36. The van der Waals surface area contributed by atoms with Gasteiger partial charge >= 0.3 is 0 Å². The van der Waals surface area contributed by atoms with E-state index in [-0.39, 0.29) is 5.92 Å². The van der Waals surface area contributed by atoms with Crippen LogP contribution in [-0.2, 0) is 6.42 Å². The van der Waals surface area contributed by atoms with Crippen LogP contribution in [0.25, 0.3) is 0 Å². The molecule has 0 saturated carbocycles. The van der Waals surface area contributed by atoms with Crippen molar-refractivity contribution in [3.8, 4) is 6.07 Å². The Labute approximate surface area is 115 Å². The van der Waals surface area contributed by atoms with Crippen LogP contribution in [0.2, 0.25) is 0 Å². The summed E-state index contributed by atoms with van der Waals surface area (Å²) in [5.41, 5.74) is 3.31. The molecule has 1 aromatic heterocycles. The van der Waals surface area contributed by atoms with E-state index in [0.717, 1.165) is 15.6 Å². The average molecular weight is 301 g/mol. The van der Waals surface area contributed by atoms with Gasteiger partial charge in [-0.25, -0.2) is 0 Å². The van der Waals surface area contributed by atoms with E-state index in [1.54, 1.807) is 6.20 Å². The van der Waals surface area contributed by atoms with Crippen LogP contribution in [0, 0.1) is 18.3 Å². The zero-order valence-electron chi connectivity index (χ0n) is 10.1. The second kappa shape index (κ2) is 5.79. The molecule has 1 aromatic carbocycles. The van der Waals surface area contributed by atoms with Gasteiger partial charge in [0.05, 0.1) is 12.0 Å². The van der Waals surface area contributed by atoms with Crippen LogP contribution in [-0.4, -0.2) is 4.98 Å². The van der Waals surface area contributed by atoms with Gasteiger partial charge in [0.15, 0.2) is 0 Å². The molecule has 0 aliphatic rings. The lowest BCUT2D eigenvalue weighted by atomic mass is 9.93. The van der Waals surface area contributed by atoms with Crippen molar-refractivity contribution in [2.45, 2.75) is 19.3 Å². The monoisotopic (exact) mass is 300 g/mol. The van der Waals surface area contributed by atoms with Crippen molar-refractivity contribution >= 4 is 15.9 Å². The third-order valence-corrected chi connectivity index (χ3v) is 3.24. The second-order valence-electron chi connectivity index (χ2n) is 4.31. The molecule has 3 heteroatoms. The highest BCUT2D eigenvalue weighted by molar-refractivity contribution is 9.10. The first-order valence-electron chi connectivity index (χ1n) is 5.74. The van der Waals surface area contributed by atoms with Gasteiger partial charge in [0.1, 0.15) is 0 Å². The number of halogens is 1. The number of hydrogen-bond donors (Lipinski definition) is 0. The summed E-state index contributed by atoms with van der Waals surface area (Å²) < 4.78 is 0.945. The number of rotatable bonds is 3. The van der Waals surface area contributed by atoms with E-state index in [4.69, 9.17) is 0 Å². The maximum absolute atomic E-state index is 9.32. The number of hydrogen-bond acceptors (Lipinski definition) is 2. The topological polar surface area (TPSA) is 36.7 Å². The van der Waals surface area contributed by atoms with Gasteiger partial charge in [-0.05, 0) is 46.5 Å². The molecular weight excluding hydrogens is 288 g/mol. The molecule has 0 aliphatic heterocycles. The molecule has 18 heavy (non-hydrogen) atoms. The molecule has 0 saturated heterocycles. The molecular formula is C15H13BrN2. The molecule has 2 aromatic rings. The first-order valence-corrected chi connectivity index (χ1v) is 6.54. The van der Waals surface area contributed by atoms with Crippen molar-refractivity contribution in [1.29, 1.82) is 5.26 Å². The van der Waals surface area contributed by atoms with E-state index in [1.807, 2.05) is 37.4 Å². The van der Waals surface area contributed by atoms with Crippen molar-refractivity contribution in [3.63, 3.8) is 0 Å². The van der Waals surface area contributed by atoms with E-state index in [9.17, 15) is 5.26 Å². The molecule has 0 aliphatic carbocycles. The third kappa shape index (κ3) is 3.18.